The highest BCUT2D eigenvalue weighted by molar-refractivity contribution is 7.89. The van der Waals surface area contributed by atoms with Gasteiger partial charge >= 0.3 is 0 Å². The summed E-state index contributed by atoms with van der Waals surface area (Å²) in [4.78, 5) is 11.4. The summed E-state index contributed by atoms with van der Waals surface area (Å²) in [7, 11) is -3.66. The third-order valence-electron chi connectivity index (χ3n) is 2.99. The van der Waals surface area contributed by atoms with Crippen molar-refractivity contribution in [2.75, 3.05) is 0 Å². The van der Waals surface area contributed by atoms with Gasteiger partial charge in [-0.1, -0.05) is 12.1 Å². The SMILES string of the molecule is CC(=O)c1cccc(S(=O)(=O)N[C@H](C)Cc2ccco2)c1. The molecule has 112 valence electrons. The van der Waals surface area contributed by atoms with Crippen LogP contribution in [0.15, 0.2) is 52.0 Å². The van der Waals surface area contributed by atoms with E-state index in [1.807, 2.05) is 0 Å². The second-order valence-corrected chi connectivity index (χ2v) is 6.60. The van der Waals surface area contributed by atoms with E-state index in [1.165, 1.54) is 19.1 Å². The first kappa shape index (κ1) is 15.5. The van der Waals surface area contributed by atoms with Gasteiger partial charge in [-0.3, -0.25) is 4.79 Å². The molecule has 2 aromatic rings. The summed E-state index contributed by atoms with van der Waals surface area (Å²) in [6.45, 7) is 3.16. The minimum atomic E-state index is -3.66. The smallest absolute Gasteiger partial charge is 0.240 e. The lowest BCUT2D eigenvalue weighted by molar-refractivity contribution is 0.101. The van der Waals surface area contributed by atoms with Crippen LogP contribution in [0.2, 0.25) is 0 Å². The highest BCUT2D eigenvalue weighted by Crippen LogP contribution is 2.13. The van der Waals surface area contributed by atoms with Crippen molar-refractivity contribution in [3.05, 3.63) is 54.0 Å². The summed E-state index contributed by atoms with van der Waals surface area (Å²) in [5, 5.41) is 0. The van der Waals surface area contributed by atoms with Gasteiger partial charge in [0.2, 0.25) is 10.0 Å². The van der Waals surface area contributed by atoms with E-state index >= 15 is 0 Å². The van der Waals surface area contributed by atoms with Crippen LogP contribution >= 0.6 is 0 Å². The van der Waals surface area contributed by atoms with Gasteiger partial charge in [0.15, 0.2) is 5.78 Å². The van der Waals surface area contributed by atoms with Crippen LogP contribution in [0.5, 0.6) is 0 Å². The summed E-state index contributed by atoms with van der Waals surface area (Å²) in [5.74, 6) is 0.540. The zero-order valence-corrected chi connectivity index (χ0v) is 12.7. The molecule has 0 aliphatic heterocycles. The summed E-state index contributed by atoms with van der Waals surface area (Å²) in [5.41, 5.74) is 0.372. The Morgan fingerprint density at radius 3 is 2.67 bits per heavy atom. The largest absolute Gasteiger partial charge is 0.469 e. The van der Waals surface area contributed by atoms with Gasteiger partial charge in [-0.2, -0.15) is 0 Å². The molecule has 1 heterocycles. The molecule has 0 amide bonds. The Kier molecular flexibility index (Phi) is 4.59. The van der Waals surface area contributed by atoms with E-state index in [-0.39, 0.29) is 16.7 Å². The Hall–Kier alpha value is -1.92. The Balaban J connectivity index is 2.14. The molecule has 0 unspecified atom stereocenters. The molecule has 0 saturated carbocycles. The van der Waals surface area contributed by atoms with Crippen molar-refractivity contribution in [2.45, 2.75) is 31.2 Å². The topological polar surface area (TPSA) is 76.4 Å². The summed E-state index contributed by atoms with van der Waals surface area (Å²) in [6, 6.07) is 9.23. The van der Waals surface area contributed by atoms with Gasteiger partial charge in [-0.05, 0) is 38.1 Å². The zero-order valence-electron chi connectivity index (χ0n) is 11.9. The Bertz CT molecular complexity index is 720. The first-order chi connectivity index (χ1) is 9.88. The van der Waals surface area contributed by atoms with E-state index in [4.69, 9.17) is 4.42 Å². The van der Waals surface area contributed by atoms with E-state index < -0.39 is 10.0 Å². The molecule has 1 atom stereocenters. The number of Topliss-reactive ketones (excluding diaryl/α,β-unsaturated/α-hetero) is 1. The van der Waals surface area contributed by atoms with Crippen LogP contribution in [0.1, 0.15) is 30.0 Å². The molecule has 0 aliphatic rings. The molecule has 2 rings (SSSR count). The maximum absolute atomic E-state index is 12.3. The zero-order chi connectivity index (χ0) is 15.5. The molecular weight excluding hydrogens is 290 g/mol. The van der Waals surface area contributed by atoms with Gasteiger partial charge in [-0.25, -0.2) is 13.1 Å². The Labute approximate surface area is 124 Å². The molecule has 5 nitrogen and oxygen atoms in total. The third-order valence-corrected chi connectivity index (χ3v) is 4.58. The lowest BCUT2D eigenvalue weighted by Gasteiger charge is -2.13. The lowest BCUT2D eigenvalue weighted by atomic mass is 10.2. The quantitative estimate of drug-likeness (QED) is 0.831. The number of nitrogens with one attached hydrogen (secondary N) is 1. The summed E-state index contributed by atoms with van der Waals surface area (Å²) in [6.07, 6.45) is 2.01. The maximum Gasteiger partial charge on any atom is 0.240 e. The molecule has 0 fully saturated rings. The molecule has 0 aliphatic carbocycles. The Morgan fingerprint density at radius 2 is 2.05 bits per heavy atom. The number of ketones is 1. The average Bonchev–Trinajstić information content (AvgIpc) is 2.91. The number of benzene rings is 1. The van der Waals surface area contributed by atoms with Crippen LogP contribution in [-0.2, 0) is 16.4 Å². The molecule has 0 saturated heterocycles. The third kappa shape index (κ3) is 4.03. The molecule has 0 spiro atoms. The van der Waals surface area contributed by atoms with Gasteiger partial charge in [0.05, 0.1) is 11.2 Å². The predicted octanol–water partition coefficient (Wildman–Crippen LogP) is 2.39. The minimum absolute atomic E-state index is 0.0847. The highest BCUT2D eigenvalue weighted by atomic mass is 32.2. The molecule has 0 bridgehead atoms. The highest BCUT2D eigenvalue weighted by Gasteiger charge is 2.19. The number of carbonyl (C=O) groups is 1. The van der Waals surface area contributed by atoms with Crippen molar-refractivity contribution >= 4 is 15.8 Å². The average molecular weight is 307 g/mol. The monoisotopic (exact) mass is 307 g/mol. The lowest BCUT2D eigenvalue weighted by Crippen LogP contribution is -2.34. The fourth-order valence-electron chi connectivity index (χ4n) is 1.99. The van der Waals surface area contributed by atoms with Crippen molar-refractivity contribution < 1.29 is 17.6 Å². The second kappa shape index (κ2) is 6.24. The van der Waals surface area contributed by atoms with Crippen molar-refractivity contribution in [3.8, 4) is 0 Å². The molecule has 0 radical (unpaired) electrons. The number of rotatable bonds is 6. The number of hydrogen-bond acceptors (Lipinski definition) is 4. The van der Waals surface area contributed by atoms with Crippen LogP contribution in [0.3, 0.4) is 0 Å². The van der Waals surface area contributed by atoms with Crippen molar-refractivity contribution in [2.24, 2.45) is 0 Å². The molecule has 1 aromatic heterocycles. The van der Waals surface area contributed by atoms with Crippen LogP contribution < -0.4 is 4.72 Å². The van der Waals surface area contributed by atoms with E-state index in [1.54, 1.807) is 37.5 Å². The van der Waals surface area contributed by atoms with Gasteiger partial charge in [-0.15, -0.1) is 0 Å². The molecule has 1 aromatic carbocycles. The van der Waals surface area contributed by atoms with Crippen molar-refractivity contribution in [1.29, 1.82) is 0 Å². The van der Waals surface area contributed by atoms with Crippen molar-refractivity contribution in [3.63, 3.8) is 0 Å². The van der Waals surface area contributed by atoms with Gasteiger partial charge in [0.1, 0.15) is 5.76 Å². The van der Waals surface area contributed by atoms with Crippen molar-refractivity contribution in [1.82, 2.24) is 4.72 Å². The minimum Gasteiger partial charge on any atom is -0.469 e. The van der Waals surface area contributed by atoms with E-state index in [9.17, 15) is 13.2 Å². The summed E-state index contributed by atoms with van der Waals surface area (Å²) >= 11 is 0. The first-order valence-electron chi connectivity index (χ1n) is 6.54. The molecule has 21 heavy (non-hydrogen) atoms. The van der Waals surface area contributed by atoms with Gasteiger partial charge < -0.3 is 4.42 Å². The number of sulfonamides is 1. The fourth-order valence-corrected chi connectivity index (χ4v) is 3.28. The number of carbonyl (C=O) groups excluding carboxylic acids is 1. The molecule has 6 heteroatoms. The van der Waals surface area contributed by atoms with E-state index in [2.05, 4.69) is 4.72 Å². The first-order valence-corrected chi connectivity index (χ1v) is 8.02. The normalized spacial score (nSPS) is 13.0. The van der Waals surface area contributed by atoms with E-state index in [0.717, 1.165) is 0 Å². The Morgan fingerprint density at radius 1 is 1.29 bits per heavy atom. The molecule has 1 N–H and O–H groups in total. The van der Waals surface area contributed by atoms with Crippen LogP contribution in [0.4, 0.5) is 0 Å². The molecular formula is C15H17NO4S. The standard InChI is InChI=1S/C15H17NO4S/c1-11(9-14-6-4-8-20-14)16-21(18,19)15-7-3-5-13(10-15)12(2)17/h3-8,10-11,16H,9H2,1-2H3/t11-/m1/s1. The van der Waals surface area contributed by atoms with Crippen LogP contribution in [0.25, 0.3) is 0 Å². The fraction of sp³-hybridized carbons (Fsp3) is 0.267. The number of furan rings is 1. The maximum atomic E-state index is 12.3. The van der Waals surface area contributed by atoms with Gasteiger partial charge in [0, 0.05) is 18.0 Å². The van der Waals surface area contributed by atoms with Gasteiger partial charge in [0.25, 0.3) is 0 Å². The summed E-state index contributed by atoms with van der Waals surface area (Å²) < 4.78 is 32.4. The van der Waals surface area contributed by atoms with E-state index in [0.29, 0.717) is 17.7 Å². The number of hydrogen-bond donors (Lipinski definition) is 1. The van der Waals surface area contributed by atoms with Crippen LogP contribution in [0, 0.1) is 0 Å². The predicted molar refractivity (Wildman–Crippen MR) is 78.6 cm³/mol. The second-order valence-electron chi connectivity index (χ2n) is 4.89. The van der Waals surface area contributed by atoms with Crippen LogP contribution in [-0.4, -0.2) is 20.2 Å².